The number of nitrogens with zero attached hydrogens (tertiary/aromatic N) is 4. The van der Waals surface area contributed by atoms with Gasteiger partial charge in [0, 0.05) is 25.3 Å². The zero-order valence-electron chi connectivity index (χ0n) is 14.0. The molecule has 0 aromatic carbocycles. The van der Waals surface area contributed by atoms with Gasteiger partial charge in [0.2, 0.25) is 0 Å². The van der Waals surface area contributed by atoms with Crippen molar-refractivity contribution in [2.75, 3.05) is 31.6 Å². The van der Waals surface area contributed by atoms with E-state index in [-0.39, 0.29) is 29.5 Å². The SMILES string of the molecule is Cc1nc2ccc(Cl)cn2c1C(=O)N1CCN(C)[C@H]2CS(=O)(=O)C[C@H]21. The van der Waals surface area contributed by atoms with E-state index in [9.17, 15) is 13.2 Å². The van der Waals surface area contributed by atoms with E-state index < -0.39 is 9.84 Å². The van der Waals surface area contributed by atoms with Crippen LogP contribution in [0.25, 0.3) is 5.65 Å². The number of aryl methyl sites for hydroxylation is 1. The van der Waals surface area contributed by atoms with E-state index in [1.54, 1.807) is 34.6 Å². The second kappa shape index (κ2) is 5.69. The molecule has 134 valence electrons. The minimum atomic E-state index is -3.14. The Balaban J connectivity index is 1.76. The van der Waals surface area contributed by atoms with Crippen molar-refractivity contribution < 1.29 is 13.2 Å². The molecule has 0 radical (unpaired) electrons. The Kier molecular flexibility index (Phi) is 3.82. The number of aromatic nitrogens is 2. The van der Waals surface area contributed by atoms with Gasteiger partial charge in [0.05, 0.1) is 28.3 Å². The summed E-state index contributed by atoms with van der Waals surface area (Å²) in [5.74, 6) is -0.0623. The Morgan fingerprint density at radius 2 is 1.96 bits per heavy atom. The van der Waals surface area contributed by atoms with Gasteiger partial charge in [-0.25, -0.2) is 13.4 Å². The van der Waals surface area contributed by atoms with Crippen LogP contribution in [0, 0.1) is 6.92 Å². The van der Waals surface area contributed by atoms with Crippen LogP contribution in [-0.2, 0) is 9.84 Å². The Labute approximate surface area is 151 Å². The van der Waals surface area contributed by atoms with Crippen LogP contribution in [0.1, 0.15) is 16.2 Å². The van der Waals surface area contributed by atoms with Gasteiger partial charge >= 0.3 is 0 Å². The Morgan fingerprint density at radius 1 is 1.24 bits per heavy atom. The predicted octanol–water partition coefficient (Wildman–Crippen LogP) is 0.849. The molecule has 2 aromatic heterocycles. The molecule has 1 amide bonds. The van der Waals surface area contributed by atoms with Crippen molar-refractivity contribution in [1.29, 1.82) is 0 Å². The number of hydrogen-bond acceptors (Lipinski definition) is 5. The molecule has 2 aromatic rings. The van der Waals surface area contributed by atoms with Gasteiger partial charge in [0.1, 0.15) is 11.3 Å². The first-order valence-electron chi connectivity index (χ1n) is 8.13. The summed E-state index contributed by atoms with van der Waals surface area (Å²) in [6, 6.07) is 3.03. The summed E-state index contributed by atoms with van der Waals surface area (Å²) in [5, 5.41) is 0.513. The van der Waals surface area contributed by atoms with E-state index in [1.165, 1.54) is 0 Å². The normalized spacial score (nSPS) is 26.1. The fraction of sp³-hybridized carbons (Fsp3) is 0.500. The highest BCUT2D eigenvalue weighted by atomic mass is 35.5. The van der Waals surface area contributed by atoms with E-state index in [0.717, 1.165) is 0 Å². The minimum Gasteiger partial charge on any atom is -0.330 e. The van der Waals surface area contributed by atoms with Crippen molar-refractivity contribution >= 4 is 33.0 Å². The predicted molar refractivity (Wildman–Crippen MR) is 94.8 cm³/mol. The summed E-state index contributed by atoms with van der Waals surface area (Å²) >= 11 is 6.08. The Morgan fingerprint density at radius 3 is 2.72 bits per heavy atom. The van der Waals surface area contributed by atoms with E-state index in [0.29, 0.717) is 35.1 Å². The summed E-state index contributed by atoms with van der Waals surface area (Å²) in [7, 11) is -1.22. The average Bonchev–Trinajstić information content (AvgIpc) is 3.02. The van der Waals surface area contributed by atoms with Crippen molar-refractivity contribution in [2.24, 2.45) is 0 Å². The fourth-order valence-corrected chi connectivity index (χ4v) is 6.12. The molecule has 0 aliphatic carbocycles. The Bertz CT molecular complexity index is 971. The zero-order chi connectivity index (χ0) is 17.9. The third-order valence-electron chi connectivity index (χ3n) is 5.17. The number of fused-ring (bicyclic) bond motifs is 2. The van der Waals surface area contributed by atoms with Crippen molar-refractivity contribution in [3.8, 4) is 0 Å². The smallest absolute Gasteiger partial charge is 0.273 e. The summed E-state index contributed by atoms with van der Waals surface area (Å²) in [6.07, 6.45) is 1.67. The third kappa shape index (κ3) is 2.72. The van der Waals surface area contributed by atoms with Gasteiger partial charge in [0.15, 0.2) is 9.84 Å². The highest BCUT2D eigenvalue weighted by Crippen LogP contribution is 2.28. The van der Waals surface area contributed by atoms with E-state index in [1.807, 2.05) is 11.9 Å². The Hall–Kier alpha value is -1.64. The summed E-state index contributed by atoms with van der Waals surface area (Å²) < 4.78 is 25.9. The van der Waals surface area contributed by atoms with E-state index in [4.69, 9.17) is 11.6 Å². The van der Waals surface area contributed by atoms with Crippen LogP contribution in [-0.4, -0.2) is 77.2 Å². The molecule has 0 saturated carbocycles. The quantitative estimate of drug-likeness (QED) is 0.731. The first-order chi connectivity index (χ1) is 11.8. The number of imidazole rings is 1. The lowest BCUT2D eigenvalue weighted by atomic mass is 10.0. The number of carbonyl (C=O) groups is 1. The van der Waals surface area contributed by atoms with Gasteiger partial charge in [-0.1, -0.05) is 11.6 Å². The number of hydrogen-bond donors (Lipinski definition) is 0. The van der Waals surface area contributed by atoms with Gasteiger partial charge in [-0.2, -0.15) is 0 Å². The van der Waals surface area contributed by atoms with Crippen molar-refractivity contribution in [1.82, 2.24) is 19.2 Å². The number of likely N-dealkylation sites (N-methyl/N-ethyl adjacent to an activating group) is 1. The molecule has 0 N–H and O–H groups in total. The second-order valence-corrected chi connectivity index (χ2v) is 9.40. The van der Waals surface area contributed by atoms with Crippen molar-refractivity contribution in [3.05, 3.63) is 34.7 Å². The van der Waals surface area contributed by atoms with Crippen LogP contribution >= 0.6 is 11.6 Å². The molecule has 9 heteroatoms. The second-order valence-electron chi connectivity index (χ2n) is 6.81. The van der Waals surface area contributed by atoms with Crippen LogP contribution in [0.4, 0.5) is 0 Å². The van der Waals surface area contributed by atoms with E-state index >= 15 is 0 Å². The molecular formula is C16H19ClN4O3S. The van der Waals surface area contributed by atoms with Gasteiger partial charge in [-0.05, 0) is 26.1 Å². The number of piperazine rings is 1. The zero-order valence-corrected chi connectivity index (χ0v) is 15.6. The standard InChI is InChI=1S/C16H19ClN4O3S/c1-10-15(21-7-11(17)3-4-14(21)18-10)16(22)20-6-5-19(2)12-8-25(23,24)9-13(12)20/h3-4,7,12-13H,5-6,8-9H2,1-2H3/t12-,13+/m0/s1. The topological polar surface area (TPSA) is 75.0 Å². The molecule has 0 bridgehead atoms. The molecule has 2 saturated heterocycles. The number of sulfone groups is 1. The van der Waals surface area contributed by atoms with Crippen molar-refractivity contribution in [3.63, 3.8) is 0 Å². The molecule has 2 aliphatic rings. The fourth-order valence-electron chi connectivity index (χ4n) is 3.91. The molecule has 2 fully saturated rings. The highest BCUT2D eigenvalue weighted by molar-refractivity contribution is 7.91. The van der Waals surface area contributed by atoms with Crippen LogP contribution < -0.4 is 0 Å². The molecule has 25 heavy (non-hydrogen) atoms. The number of rotatable bonds is 1. The number of halogens is 1. The summed E-state index contributed by atoms with van der Waals surface area (Å²) in [5.41, 5.74) is 1.71. The first-order valence-corrected chi connectivity index (χ1v) is 10.3. The molecule has 7 nitrogen and oxygen atoms in total. The minimum absolute atomic E-state index is 0.0181. The molecule has 0 unspecified atom stereocenters. The lowest BCUT2D eigenvalue weighted by Gasteiger charge is -2.42. The maximum absolute atomic E-state index is 13.3. The largest absolute Gasteiger partial charge is 0.330 e. The summed E-state index contributed by atoms with van der Waals surface area (Å²) in [6.45, 7) is 2.94. The lowest BCUT2D eigenvalue weighted by Crippen LogP contribution is -2.59. The lowest BCUT2D eigenvalue weighted by molar-refractivity contribution is 0.0403. The molecule has 4 rings (SSSR count). The van der Waals surface area contributed by atoms with E-state index in [2.05, 4.69) is 4.98 Å². The van der Waals surface area contributed by atoms with Crippen molar-refractivity contribution in [2.45, 2.75) is 19.0 Å². The monoisotopic (exact) mass is 382 g/mol. The average molecular weight is 383 g/mol. The molecular weight excluding hydrogens is 364 g/mol. The number of carbonyl (C=O) groups excluding carboxylic acids is 1. The number of amides is 1. The molecule has 2 aliphatic heterocycles. The van der Waals surface area contributed by atoms with Crippen LogP contribution in [0.3, 0.4) is 0 Å². The first kappa shape index (κ1) is 16.8. The van der Waals surface area contributed by atoms with Crippen LogP contribution in [0.5, 0.6) is 0 Å². The van der Waals surface area contributed by atoms with Gasteiger partial charge < -0.3 is 4.90 Å². The van der Waals surface area contributed by atoms with Gasteiger partial charge in [-0.15, -0.1) is 0 Å². The van der Waals surface area contributed by atoms with Gasteiger partial charge in [0.25, 0.3) is 5.91 Å². The number of pyridine rings is 1. The molecule has 4 heterocycles. The van der Waals surface area contributed by atoms with Gasteiger partial charge in [-0.3, -0.25) is 14.1 Å². The third-order valence-corrected chi connectivity index (χ3v) is 7.10. The highest BCUT2D eigenvalue weighted by Gasteiger charge is 2.47. The summed E-state index contributed by atoms with van der Waals surface area (Å²) in [4.78, 5) is 21.4. The molecule has 0 spiro atoms. The maximum Gasteiger partial charge on any atom is 0.273 e. The van der Waals surface area contributed by atoms with Crippen LogP contribution in [0.2, 0.25) is 5.02 Å². The maximum atomic E-state index is 13.3. The molecule has 2 atom stereocenters. The van der Waals surface area contributed by atoms with Crippen LogP contribution in [0.15, 0.2) is 18.3 Å².